The second-order valence-electron chi connectivity index (χ2n) is 2.44. The fraction of sp³-hybridized carbons (Fsp3) is 0.333. The quantitative estimate of drug-likeness (QED) is 0.478. The van der Waals surface area contributed by atoms with E-state index in [1.807, 2.05) is 0 Å². The molecule has 1 rings (SSSR count). The zero-order valence-corrected chi connectivity index (χ0v) is 8.60. The summed E-state index contributed by atoms with van der Waals surface area (Å²) in [6, 6.07) is 0. The van der Waals surface area contributed by atoms with Crippen LogP contribution in [0.4, 0.5) is 5.82 Å². The van der Waals surface area contributed by atoms with E-state index in [9.17, 15) is 14.9 Å². The van der Waals surface area contributed by atoms with E-state index in [4.69, 9.17) is 5.73 Å². The van der Waals surface area contributed by atoms with Crippen LogP contribution in [0, 0.1) is 10.1 Å². The van der Waals surface area contributed by atoms with Crippen LogP contribution in [0.2, 0.25) is 0 Å². The minimum Gasteiger partial charge on any atom is -0.365 e. The lowest BCUT2D eigenvalue weighted by atomic mass is 10.3. The van der Waals surface area contributed by atoms with Crippen molar-refractivity contribution in [3.8, 4) is 0 Å². The van der Waals surface area contributed by atoms with Crippen LogP contribution in [0.15, 0.2) is 6.20 Å². The molecule has 1 amide bonds. The molecule has 0 radical (unpaired) electrons. The van der Waals surface area contributed by atoms with Crippen molar-refractivity contribution in [2.45, 2.75) is 6.54 Å². The van der Waals surface area contributed by atoms with Crippen molar-refractivity contribution in [2.24, 2.45) is 5.73 Å². The van der Waals surface area contributed by atoms with E-state index in [0.29, 0.717) is 11.9 Å². The molecule has 8 heteroatoms. The van der Waals surface area contributed by atoms with Gasteiger partial charge in [-0.05, 0) is 4.92 Å². The average Bonchev–Trinajstić information content (AvgIpc) is 2.49. The highest BCUT2D eigenvalue weighted by Crippen LogP contribution is 2.14. The molecule has 0 spiro atoms. The molecule has 1 aromatic rings. The largest absolute Gasteiger partial charge is 0.402 e. The minimum atomic E-state index is -0.850. The second-order valence-corrected chi connectivity index (χ2v) is 3.23. The number of primary amides is 1. The summed E-state index contributed by atoms with van der Waals surface area (Å²) in [6.45, 7) is 0.439. The number of rotatable bonds is 4. The molecule has 0 unspecified atom stereocenters. The Hall–Kier alpha value is -1.44. The van der Waals surface area contributed by atoms with E-state index < -0.39 is 16.6 Å². The molecule has 0 aliphatic rings. The van der Waals surface area contributed by atoms with Crippen LogP contribution in [0.25, 0.3) is 0 Å². The Balaban J connectivity index is 3.12. The smallest absolute Gasteiger partial charge is 0.365 e. The van der Waals surface area contributed by atoms with Crippen molar-refractivity contribution in [1.82, 2.24) is 9.78 Å². The van der Waals surface area contributed by atoms with Gasteiger partial charge in [0.05, 0.1) is 17.8 Å². The molecule has 76 valence electrons. The van der Waals surface area contributed by atoms with Crippen molar-refractivity contribution >= 4 is 27.7 Å². The number of amides is 1. The van der Waals surface area contributed by atoms with Gasteiger partial charge in [0.2, 0.25) is 0 Å². The summed E-state index contributed by atoms with van der Waals surface area (Å²) in [5.41, 5.74) is 4.78. The Morgan fingerprint density at radius 2 is 2.43 bits per heavy atom. The third-order valence-corrected chi connectivity index (χ3v) is 1.85. The van der Waals surface area contributed by atoms with Gasteiger partial charge in [-0.25, -0.2) is 0 Å². The maximum Gasteiger partial charge on any atom is 0.402 e. The molecule has 0 aliphatic heterocycles. The molecule has 14 heavy (non-hydrogen) atoms. The molecular formula is C6H7BrN4O3. The molecule has 0 atom stereocenters. The number of halogens is 1. The zero-order chi connectivity index (χ0) is 10.7. The molecule has 2 N–H and O–H groups in total. The first-order valence-electron chi connectivity index (χ1n) is 3.64. The van der Waals surface area contributed by atoms with Gasteiger partial charge in [-0.15, -0.1) is 0 Å². The molecule has 7 nitrogen and oxygen atoms in total. The van der Waals surface area contributed by atoms with Crippen LogP contribution in [-0.2, 0) is 6.54 Å². The lowest BCUT2D eigenvalue weighted by molar-refractivity contribution is -0.390. The topological polar surface area (TPSA) is 104 Å². The number of nitro groups is 1. The maximum absolute atomic E-state index is 10.8. The van der Waals surface area contributed by atoms with Crippen molar-refractivity contribution in [3.63, 3.8) is 0 Å². The van der Waals surface area contributed by atoms with Crippen molar-refractivity contribution in [3.05, 3.63) is 21.9 Å². The first-order valence-corrected chi connectivity index (χ1v) is 4.76. The highest BCUT2D eigenvalue weighted by Gasteiger charge is 2.24. The third kappa shape index (κ3) is 2.08. The zero-order valence-electron chi connectivity index (χ0n) is 7.01. The summed E-state index contributed by atoms with van der Waals surface area (Å²) in [5, 5.41) is 14.6. The first-order chi connectivity index (χ1) is 6.56. The molecule has 0 fully saturated rings. The summed E-state index contributed by atoms with van der Waals surface area (Å²) in [5.74, 6) is -1.35. The standard InChI is InChI=1S/C6H7BrN4O3/c7-1-2-10-3-4(5(8)12)6(9-10)11(13)14/h3H,1-2H2,(H2,8,12). The van der Waals surface area contributed by atoms with Gasteiger partial charge in [-0.3, -0.25) is 4.79 Å². The normalized spacial score (nSPS) is 10.1. The van der Waals surface area contributed by atoms with E-state index in [0.717, 1.165) is 0 Å². The highest BCUT2D eigenvalue weighted by molar-refractivity contribution is 9.09. The number of alkyl halides is 1. The molecule has 1 heterocycles. The summed E-state index contributed by atoms with van der Waals surface area (Å²) in [7, 11) is 0. The third-order valence-electron chi connectivity index (χ3n) is 1.49. The Morgan fingerprint density at radius 3 is 2.79 bits per heavy atom. The summed E-state index contributed by atoms with van der Waals surface area (Å²) in [6.07, 6.45) is 1.27. The maximum atomic E-state index is 10.8. The number of aryl methyl sites for hydroxylation is 1. The fourth-order valence-electron chi connectivity index (χ4n) is 0.921. The van der Waals surface area contributed by atoms with Crippen LogP contribution in [-0.4, -0.2) is 25.9 Å². The summed E-state index contributed by atoms with van der Waals surface area (Å²) >= 11 is 3.15. The molecule has 0 bridgehead atoms. The lowest BCUT2D eigenvalue weighted by Gasteiger charge is -1.88. The van der Waals surface area contributed by atoms with Crippen molar-refractivity contribution < 1.29 is 9.72 Å². The van der Waals surface area contributed by atoms with Crippen LogP contribution < -0.4 is 5.73 Å². The fourth-order valence-corrected chi connectivity index (χ4v) is 1.28. The molecule has 0 aliphatic carbocycles. The number of carbonyl (C=O) groups is 1. The number of hydrogen-bond donors (Lipinski definition) is 1. The van der Waals surface area contributed by atoms with Gasteiger partial charge in [-0.1, -0.05) is 15.9 Å². The minimum absolute atomic E-state index is 0.170. The average molecular weight is 263 g/mol. The molecule has 0 saturated heterocycles. The van der Waals surface area contributed by atoms with Gasteiger partial charge >= 0.3 is 5.82 Å². The van der Waals surface area contributed by atoms with E-state index in [2.05, 4.69) is 21.0 Å². The summed E-state index contributed by atoms with van der Waals surface area (Å²) in [4.78, 5) is 20.5. The Labute approximate surface area is 87.2 Å². The van der Waals surface area contributed by atoms with Crippen molar-refractivity contribution in [2.75, 3.05) is 5.33 Å². The first kappa shape index (κ1) is 10.6. The molecular weight excluding hydrogens is 256 g/mol. The van der Waals surface area contributed by atoms with Crippen LogP contribution >= 0.6 is 15.9 Å². The monoisotopic (exact) mass is 262 g/mol. The Bertz CT molecular complexity index is 344. The predicted molar refractivity (Wildman–Crippen MR) is 51.2 cm³/mol. The van der Waals surface area contributed by atoms with Gasteiger partial charge in [0.1, 0.15) is 0 Å². The molecule has 0 aromatic carbocycles. The lowest BCUT2D eigenvalue weighted by Crippen LogP contribution is -2.11. The van der Waals surface area contributed by atoms with Crippen LogP contribution in [0.5, 0.6) is 0 Å². The number of carbonyl (C=O) groups excluding carboxylic acids is 1. The van der Waals surface area contributed by atoms with E-state index >= 15 is 0 Å². The number of nitrogens with two attached hydrogens (primary N) is 1. The highest BCUT2D eigenvalue weighted by atomic mass is 79.9. The van der Waals surface area contributed by atoms with Crippen molar-refractivity contribution in [1.29, 1.82) is 0 Å². The van der Waals surface area contributed by atoms with Gasteiger partial charge < -0.3 is 15.8 Å². The predicted octanol–water partition coefficient (Wildman–Crippen LogP) is 0.285. The van der Waals surface area contributed by atoms with Gasteiger partial charge in [0.25, 0.3) is 5.91 Å². The SMILES string of the molecule is NC(=O)c1cn(CCBr)nc1[N+](=O)[O-]. The van der Waals surface area contributed by atoms with Gasteiger partial charge in [-0.2, -0.15) is 4.68 Å². The van der Waals surface area contributed by atoms with Crippen LogP contribution in [0.1, 0.15) is 10.4 Å². The summed E-state index contributed by atoms with van der Waals surface area (Å²) < 4.78 is 1.30. The number of hydrogen-bond acceptors (Lipinski definition) is 4. The molecule has 0 saturated carbocycles. The number of aromatic nitrogens is 2. The van der Waals surface area contributed by atoms with E-state index in [1.165, 1.54) is 10.9 Å². The second kappa shape index (κ2) is 4.18. The Kier molecular flexibility index (Phi) is 3.18. The van der Waals surface area contributed by atoms with Gasteiger partial charge in [0.15, 0.2) is 5.56 Å². The van der Waals surface area contributed by atoms with E-state index in [-0.39, 0.29) is 5.56 Å². The molecule has 1 aromatic heterocycles. The van der Waals surface area contributed by atoms with Crippen LogP contribution in [0.3, 0.4) is 0 Å². The Morgan fingerprint density at radius 1 is 1.79 bits per heavy atom. The van der Waals surface area contributed by atoms with Gasteiger partial charge in [0, 0.05) is 5.33 Å². The van der Waals surface area contributed by atoms with E-state index in [1.54, 1.807) is 0 Å². The number of nitrogens with zero attached hydrogens (tertiary/aromatic N) is 3.